The molecule has 84 valence electrons. The molecule has 0 saturated carbocycles. The van der Waals surface area contributed by atoms with E-state index in [1.807, 2.05) is 6.07 Å². The van der Waals surface area contributed by atoms with Gasteiger partial charge in [0, 0.05) is 18.4 Å². The highest BCUT2D eigenvalue weighted by Gasteiger charge is 2.09. The number of nitrogens with one attached hydrogen (secondary N) is 1. The molecule has 0 aromatic carbocycles. The van der Waals surface area contributed by atoms with Crippen LogP contribution in [-0.2, 0) is 6.42 Å². The molecule has 1 aromatic heterocycles. The molecule has 0 bridgehead atoms. The van der Waals surface area contributed by atoms with Gasteiger partial charge in [-0.1, -0.05) is 31.9 Å². The molecule has 1 unspecified atom stereocenters. The molecule has 1 heterocycles. The standard InChI is InChI=1S/C12H19ClN2/c1-3-5-11(15-4-2)8-10-6-7-14-9-12(10)13/h6-7,9,11,15H,3-5,8H2,1-2H3. The molecule has 2 nitrogen and oxygen atoms in total. The Kier molecular flexibility index (Phi) is 5.66. The van der Waals surface area contributed by atoms with E-state index in [-0.39, 0.29) is 0 Å². The van der Waals surface area contributed by atoms with Crippen LogP contribution in [0.5, 0.6) is 0 Å². The van der Waals surface area contributed by atoms with E-state index >= 15 is 0 Å². The van der Waals surface area contributed by atoms with Crippen molar-refractivity contribution in [1.29, 1.82) is 0 Å². The second-order valence-electron chi connectivity index (χ2n) is 3.71. The molecular formula is C12H19ClN2. The summed E-state index contributed by atoms with van der Waals surface area (Å²) < 4.78 is 0. The third kappa shape index (κ3) is 4.18. The maximum atomic E-state index is 6.08. The van der Waals surface area contributed by atoms with Crippen LogP contribution in [0.3, 0.4) is 0 Å². The maximum absolute atomic E-state index is 6.08. The Labute approximate surface area is 97.1 Å². The van der Waals surface area contributed by atoms with E-state index in [9.17, 15) is 0 Å². The summed E-state index contributed by atoms with van der Waals surface area (Å²) in [6.45, 7) is 5.35. The van der Waals surface area contributed by atoms with E-state index in [2.05, 4.69) is 24.1 Å². The van der Waals surface area contributed by atoms with Crippen LogP contribution in [0.25, 0.3) is 0 Å². The predicted molar refractivity (Wildman–Crippen MR) is 65.3 cm³/mol. The molecule has 0 radical (unpaired) electrons. The molecule has 1 atom stereocenters. The molecule has 1 aromatic rings. The monoisotopic (exact) mass is 226 g/mol. The SMILES string of the molecule is CCCC(Cc1ccncc1Cl)NCC. The van der Waals surface area contributed by atoms with Crippen molar-refractivity contribution in [2.75, 3.05) is 6.54 Å². The van der Waals surface area contributed by atoms with Gasteiger partial charge in [0.15, 0.2) is 0 Å². The van der Waals surface area contributed by atoms with E-state index in [0.29, 0.717) is 6.04 Å². The largest absolute Gasteiger partial charge is 0.314 e. The first-order valence-electron chi connectivity index (χ1n) is 5.59. The van der Waals surface area contributed by atoms with Crippen LogP contribution in [0.15, 0.2) is 18.5 Å². The topological polar surface area (TPSA) is 24.9 Å². The second kappa shape index (κ2) is 6.81. The number of halogens is 1. The fourth-order valence-corrected chi connectivity index (χ4v) is 1.94. The van der Waals surface area contributed by atoms with Gasteiger partial charge in [-0.3, -0.25) is 4.98 Å². The Morgan fingerprint density at radius 2 is 2.27 bits per heavy atom. The summed E-state index contributed by atoms with van der Waals surface area (Å²) in [5.74, 6) is 0. The van der Waals surface area contributed by atoms with E-state index < -0.39 is 0 Å². The fraction of sp³-hybridized carbons (Fsp3) is 0.583. The second-order valence-corrected chi connectivity index (χ2v) is 4.12. The lowest BCUT2D eigenvalue weighted by atomic mass is 10.0. The van der Waals surface area contributed by atoms with Crippen molar-refractivity contribution >= 4 is 11.6 Å². The third-order valence-electron chi connectivity index (χ3n) is 2.45. The molecule has 0 amide bonds. The van der Waals surface area contributed by atoms with Gasteiger partial charge >= 0.3 is 0 Å². The molecule has 1 rings (SSSR count). The zero-order chi connectivity index (χ0) is 11.1. The molecule has 15 heavy (non-hydrogen) atoms. The minimum absolute atomic E-state index is 0.528. The van der Waals surface area contributed by atoms with Crippen LogP contribution in [0.1, 0.15) is 32.3 Å². The quantitative estimate of drug-likeness (QED) is 0.807. The number of likely N-dealkylation sites (N-methyl/N-ethyl adjacent to an activating group) is 1. The van der Waals surface area contributed by atoms with Crippen LogP contribution >= 0.6 is 11.6 Å². The molecule has 0 fully saturated rings. The van der Waals surface area contributed by atoms with E-state index in [4.69, 9.17) is 11.6 Å². The first-order chi connectivity index (χ1) is 7.27. The Morgan fingerprint density at radius 1 is 1.47 bits per heavy atom. The van der Waals surface area contributed by atoms with Gasteiger partial charge in [0.05, 0.1) is 5.02 Å². The van der Waals surface area contributed by atoms with Gasteiger partial charge in [-0.05, 0) is 31.0 Å². The van der Waals surface area contributed by atoms with Gasteiger partial charge in [0.2, 0.25) is 0 Å². The lowest BCUT2D eigenvalue weighted by Gasteiger charge is -2.17. The van der Waals surface area contributed by atoms with E-state index in [1.165, 1.54) is 18.4 Å². The minimum atomic E-state index is 0.528. The molecule has 0 aliphatic heterocycles. The van der Waals surface area contributed by atoms with Crippen molar-refractivity contribution in [2.45, 2.75) is 39.2 Å². The first kappa shape index (κ1) is 12.5. The highest BCUT2D eigenvalue weighted by atomic mass is 35.5. The molecule has 0 aliphatic carbocycles. The van der Waals surface area contributed by atoms with Crippen molar-refractivity contribution in [3.8, 4) is 0 Å². The molecule has 1 N–H and O–H groups in total. The lowest BCUT2D eigenvalue weighted by Crippen LogP contribution is -2.30. The fourth-order valence-electron chi connectivity index (χ4n) is 1.75. The summed E-state index contributed by atoms with van der Waals surface area (Å²) in [6, 6.07) is 2.53. The van der Waals surface area contributed by atoms with Gasteiger partial charge in [0.1, 0.15) is 0 Å². The van der Waals surface area contributed by atoms with Crippen LogP contribution < -0.4 is 5.32 Å². The molecule has 3 heteroatoms. The minimum Gasteiger partial charge on any atom is -0.314 e. The number of aromatic nitrogens is 1. The Balaban J connectivity index is 2.60. The normalized spacial score (nSPS) is 12.7. The maximum Gasteiger partial charge on any atom is 0.0621 e. The first-order valence-corrected chi connectivity index (χ1v) is 5.97. The lowest BCUT2D eigenvalue weighted by molar-refractivity contribution is 0.486. The predicted octanol–water partition coefficient (Wildman–Crippen LogP) is 3.06. The van der Waals surface area contributed by atoms with E-state index in [0.717, 1.165) is 18.0 Å². The van der Waals surface area contributed by atoms with Crippen molar-refractivity contribution in [1.82, 2.24) is 10.3 Å². The highest BCUT2D eigenvalue weighted by molar-refractivity contribution is 6.31. The smallest absolute Gasteiger partial charge is 0.0621 e. The number of hydrogen-bond acceptors (Lipinski definition) is 2. The summed E-state index contributed by atoms with van der Waals surface area (Å²) in [5, 5.41) is 4.25. The van der Waals surface area contributed by atoms with Crippen LogP contribution in [0, 0.1) is 0 Å². The Morgan fingerprint density at radius 3 is 2.87 bits per heavy atom. The average molecular weight is 227 g/mol. The van der Waals surface area contributed by atoms with Crippen LogP contribution in [0.4, 0.5) is 0 Å². The van der Waals surface area contributed by atoms with E-state index in [1.54, 1.807) is 12.4 Å². The zero-order valence-corrected chi connectivity index (χ0v) is 10.2. The Hall–Kier alpha value is -0.600. The molecule has 0 saturated heterocycles. The summed E-state index contributed by atoms with van der Waals surface area (Å²) in [5.41, 5.74) is 1.19. The summed E-state index contributed by atoms with van der Waals surface area (Å²) in [4.78, 5) is 3.99. The van der Waals surface area contributed by atoms with Crippen molar-refractivity contribution in [3.05, 3.63) is 29.0 Å². The van der Waals surface area contributed by atoms with Gasteiger partial charge in [-0.2, -0.15) is 0 Å². The van der Waals surface area contributed by atoms with Gasteiger partial charge in [0.25, 0.3) is 0 Å². The summed E-state index contributed by atoms with van der Waals surface area (Å²) >= 11 is 6.08. The van der Waals surface area contributed by atoms with Gasteiger partial charge < -0.3 is 5.32 Å². The number of rotatable bonds is 6. The molecule has 0 spiro atoms. The Bertz CT molecular complexity index is 283. The average Bonchev–Trinajstić information content (AvgIpc) is 2.22. The van der Waals surface area contributed by atoms with Crippen molar-refractivity contribution in [2.24, 2.45) is 0 Å². The van der Waals surface area contributed by atoms with Crippen LogP contribution in [-0.4, -0.2) is 17.6 Å². The summed E-state index contributed by atoms with van der Waals surface area (Å²) in [7, 11) is 0. The molecular weight excluding hydrogens is 208 g/mol. The van der Waals surface area contributed by atoms with Crippen molar-refractivity contribution in [3.63, 3.8) is 0 Å². The van der Waals surface area contributed by atoms with Gasteiger partial charge in [-0.25, -0.2) is 0 Å². The van der Waals surface area contributed by atoms with Gasteiger partial charge in [-0.15, -0.1) is 0 Å². The highest BCUT2D eigenvalue weighted by Crippen LogP contribution is 2.16. The third-order valence-corrected chi connectivity index (χ3v) is 2.79. The number of nitrogens with zero attached hydrogens (tertiary/aromatic N) is 1. The summed E-state index contributed by atoms with van der Waals surface area (Å²) in [6.07, 6.45) is 6.89. The number of hydrogen-bond donors (Lipinski definition) is 1. The van der Waals surface area contributed by atoms with Crippen molar-refractivity contribution < 1.29 is 0 Å². The zero-order valence-electron chi connectivity index (χ0n) is 9.46. The van der Waals surface area contributed by atoms with Crippen LogP contribution in [0.2, 0.25) is 5.02 Å². The molecule has 0 aliphatic rings. The number of pyridine rings is 1.